The van der Waals surface area contributed by atoms with E-state index in [0.29, 0.717) is 0 Å². The molecule has 138 valence electrons. The molecule has 1 amide bonds. The van der Waals surface area contributed by atoms with Gasteiger partial charge in [0.1, 0.15) is 11.5 Å². The van der Waals surface area contributed by atoms with Crippen LogP contribution >= 0.6 is 11.8 Å². The molecule has 1 aliphatic carbocycles. The van der Waals surface area contributed by atoms with Crippen molar-refractivity contribution < 1.29 is 14.3 Å². The molecule has 1 saturated heterocycles. The second-order valence-electron chi connectivity index (χ2n) is 7.57. The van der Waals surface area contributed by atoms with Crippen LogP contribution in [0.25, 0.3) is 0 Å². The highest BCUT2D eigenvalue weighted by atomic mass is 32.2. The van der Waals surface area contributed by atoms with E-state index in [1.54, 1.807) is 21.1 Å². The van der Waals surface area contributed by atoms with E-state index in [1.165, 1.54) is 19.3 Å². The summed E-state index contributed by atoms with van der Waals surface area (Å²) in [6.07, 6.45) is 5.99. The molecule has 1 aromatic carbocycles. The zero-order valence-electron chi connectivity index (χ0n) is 15.9. The first-order valence-electron chi connectivity index (χ1n) is 9.07. The highest BCUT2D eigenvalue weighted by Crippen LogP contribution is 2.63. The molecule has 0 N–H and O–H groups in total. The molecule has 2 fully saturated rings. The molecule has 1 atom stereocenters. The Morgan fingerprint density at radius 1 is 1.16 bits per heavy atom. The number of hydrogen-bond acceptors (Lipinski definition) is 4. The van der Waals surface area contributed by atoms with Crippen LogP contribution in [0.15, 0.2) is 18.2 Å². The maximum Gasteiger partial charge on any atom is 0.221 e. The lowest BCUT2D eigenvalue weighted by molar-refractivity contribution is -0.134. The summed E-state index contributed by atoms with van der Waals surface area (Å²) >= 11 is 1.97. The predicted molar refractivity (Wildman–Crippen MR) is 102 cm³/mol. The average molecular weight is 364 g/mol. The van der Waals surface area contributed by atoms with Crippen LogP contribution < -0.4 is 9.47 Å². The first-order valence-corrected chi connectivity index (χ1v) is 9.88. The third kappa shape index (κ3) is 3.12. The summed E-state index contributed by atoms with van der Waals surface area (Å²) in [6, 6.07) is 5.94. The maximum absolute atomic E-state index is 12.7. The number of ether oxygens (including phenoxy) is 2. The molecule has 1 heterocycles. The van der Waals surface area contributed by atoms with Gasteiger partial charge in [-0.25, -0.2) is 0 Å². The number of amides is 1. The number of methoxy groups -OCH3 is 2. The Hall–Kier alpha value is -1.36. The predicted octanol–water partition coefficient (Wildman–Crippen LogP) is 4.78. The van der Waals surface area contributed by atoms with Gasteiger partial charge in [-0.1, -0.05) is 19.3 Å². The van der Waals surface area contributed by atoms with Gasteiger partial charge in [0.05, 0.1) is 25.1 Å². The summed E-state index contributed by atoms with van der Waals surface area (Å²) in [6.45, 7) is 6.02. The molecule has 0 aromatic heterocycles. The smallest absolute Gasteiger partial charge is 0.221 e. The molecule has 25 heavy (non-hydrogen) atoms. The van der Waals surface area contributed by atoms with E-state index in [9.17, 15) is 4.79 Å². The van der Waals surface area contributed by atoms with Gasteiger partial charge in [-0.05, 0) is 44.9 Å². The molecular formula is C20H29NO3S. The maximum atomic E-state index is 12.7. The lowest BCUT2D eigenvalue weighted by Crippen LogP contribution is -2.44. The topological polar surface area (TPSA) is 38.8 Å². The SMILES string of the molecule is COc1ccc(OC)c(C2N(C(C)=O)C(C)(C)SC23CCCCC3)c1. The molecule has 1 saturated carbocycles. The van der Waals surface area contributed by atoms with Crippen molar-refractivity contribution in [3.63, 3.8) is 0 Å². The minimum absolute atomic E-state index is 0.00958. The van der Waals surface area contributed by atoms with Crippen LogP contribution in [0, 0.1) is 0 Å². The third-order valence-corrected chi connectivity index (χ3v) is 7.29. The van der Waals surface area contributed by atoms with Crippen molar-refractivity contribution >= 4 is 17.7 Å². The molecule has 1 unspecified atom stereocenters. The molecule has 5 heteroatoms. The molecule has 2 aliphatic rings. The summed E-state index contributed by atoms with van der Waals surface area (Å²) in [5, 5.41) is 0. The molecular weight excluding hydrogens is 334 g/mol. The van der Waals surface area contributed by atoms with E-state index in [0.717, 1.165) is 29.9 Å². The molecule has 3 rings (SSSR count). The van der Waals surface area contributed by atoms with Crippen LogP contribution in [-0.2, 0) is 4.79 Å². The van der Waals surface area contributed by atoms with Gasteiger partial charge in [0.15, 0.2) is 0 Å². The van der Waals surface area contributed by atoms with Gasteiger partial charge < -0.3 is 14.4 Å². The molecule has 4 nitrogen and oxygen atoms in total. The van der Waals surface area contributed by atoms with Crippen LogP contribution in [0.1, 0.15) is 64.5 Å². The standard InChI is InChI=1S/C20H29NO3S/c1-14(22)21-18(16-13-15(23-4)9-10-17(16)24-5)20(25-19(21,2)3)11-7-6-8-12-20/h9-10,13,18H,6-8,11-12H2,1-5H3. The van der Waals surface area contributed by atoms with E-state index in [-0.39, 0.29) is 21.6 Å². The Morgan fingerprint density at radius 2 is 1.84 bits per heavy atom. The number of rotatable bonds is 3. The Kier molecular flexibility index (Phi) is 4.97. The molecule has 0 radical (unpaired) electrons. The summed E-state index contributed by atoms with van der Waals surface area (Å²) in [7, 11) is 3.38. The summed E-state index contributed by atoms with van der Waals surface area (Å²) in [5.41, 5.74) is 1.07. The van der Waals surface area contributed by atoms with E-state index in [4.69, 9.17) is 9.47 Å². The van der Waals surface area contributed by atoms with Crippen molar-refractivity contribution in [1.29, 1.82) is 0 Å². The minimum atomic E-state index is -0.234. The van der Waals surface area contributed by atoms with Crippen molar-refractivity contribution in [3.05, 3.63) is 23.8 Å². The number of hydrogen-bond donors (Lipinski definition) is 0. The summed E-state index contributed by atoms with van der Waals surface area (Å²) in [5.74, 6) is 1.76. The van der Waals surface area contributed by atoms with Crippen molar-refractivity contribution in [2.45, 2.75) is 68.5 Å². The molecule has 1 spiro atoms. The van der Waals surface area contributed by atoms with Crippen molar-refractivity contribution in [2.24, 2.45) is 0 Å². The summed E-state index contributed by atoms with van der Waals surface area (Å²) in [4.78, 5) is 14.5. The zero-order valence-corrected chi connectivity index (χ0v) is 16.7. The van der Waals surface area contributed by atoms with Crippen LogP contribution in [0.4, 0.5) is 0 Å². The quantitative estimate of drug-likeness (QED) is 0.775. The van der Waals surface area contributed by atoms with Crippen molar-refractivity contribution in [3.8, 4) is 11.5 Å². The molecule has 1 aromatic rings. The van der Waals surface area contributed by atoms with Gasteiger partial charge in [0.25, 0.3) is 0 Å². The Balaban J connectivity index is 2.18. The van der Waals surface area contributed by atoms with Gasteiger partial charge in [0.2, 0.25) is 5.91 Å². The van der Waals surface area contributed by atoms with Gasteiger partial charge >= 0.3 is 0 Å². The average Bonchev–Trinajstić information content (AvgIpc) is 2.81. The first-order chi connectivity index (χ1) is 11.8. The molecule has 1 aliphatic heterocycles. The van der Waals surface area contributed by atoms with Crippen LogP contribution in [0.2, 0.25) is 0 Å². The lowest BCUT2D eigenvalue weighted by atomic mass is 9.79. The van der Waals surface area contributed by atoms with Crippen LogP contribution in [0.3, 0.4) is 0 Å². The van der Waals surface area contributed by atoms with Gasteiger partial charge in [-0.2, -0.15) is 0 Å². The van der Waals surface area contributed by atoms with E-state index in [1.807, 2.05) is 23.9 Å². The third-order valence-electron chi connectivity index (χ3n) is 5.56. The van der Waals surface area contributed by atoms with Crippen molar-refractivity contribution in [2.75, 3.05) is 14.2 Å². The molecule has 0 bridgehead atoms. The lowest BCUT2D eigenvalue weighted by Gasteiger charge is -2.40. The largest absolute Gasteiger partial charge is 0.497 e. The number of nitrogens with zero attached hydrogens (tertiary/aromatic N) is 1. The monoisotopic (exact) mass is 363 g/mol. The fourth-order valence-electron chi connectivity index (χ4n) is 4.71. The Labute approximate surface area is 155 Å². The first kappa shape index (κ1) is 18.4. The minimum Gasteiger partial charge on any atom is -0.497 e. The Morgan fingerprint density at radius 3 is 2.40 bits per heavy atom. The van der Waals surface area contributed by atoms with E-state index >= 15 is 0 Å². The van der Waals surface area contributed by atoms with Crippen LogP contribution in [-0.4, -0.2) is 34.6 Å². The number of carbonyl (C=O) groups is 1. The van der Waals surface area contributed by atoms with Crippen molar-refractivity contribution in [1.82, 2.24) is 4.90 Å². The van der Waals surface area contributed by atoms with Gasteiger partial charge in [-0.15, -0.1) is 11.8 Å². The van der Waals surface area contributed by atoms with E-state index < -0.39 is 0 Å². The van der Waals surface area contributed by atoms with E-state index in [2.05, 4.69) is 24.8 Å². The number of thioether (sulfide) groups is 1. The van der Waals surface area contributed by atoms with Crippen LogP contribution in [0.5, 0.6) is 11.5 Å². The highest BCUT2D eigenvalue weighted by Gasteiger charge is 2.58. The second-order valence-corrected chi connectivity index (χ2v) is 9.59. The second kappa shape index (κ2) is 6.75. The number of benzene rings is 1. The zero-order chi connectivity index (χ0) is 18.2. The highest BCUT2D eigenvalue weighted by molar-refractivity contribution is 8.02. The summed E-state index contributed by atoms with van der Waals surface area (Å²) < 4.78 is 11.2. The number of carbonyl (C=O) groups excluding carboxylic acids is 1. The Bertz CT molecular complexity index is 652. The normalized spacial score (nSPS) is 24.4. The van der Waals surface area contributed by atoms with Gasteiger partial charge in [-0.3, -0.25) is 4.79 Å². The van der Waals surface area contributed by atoms with Gasteiger partial charge in [0, 0.05) is 17.2 Å². The fourth-order valence-corrected chi connectivity index (χ4v) is 6.87. The fraction of sp³-hybridized carbons (Fsp3) is 0.650.